The minimum absolute atomic E-state index is 0.0805. The fraction of sp³-hybridized carbons (Fsp3) is 0.125. The zero-order chi connectivity index (χ0) is 22.3. The Morgan fingerprint density at radius 1 is 0.969 bits per heavy atom. The van der Waals surface area contributed by atoms with Gasteiger partial charge < -0.3 is 10.6 Å². The second-order valence-electron chi connectivity index (χ2n) is 7.31. The molecule has 3 aromatic carbocycles. The van der Waals surface area contributed by atoms with E-state index in [1.54, 1.807) is 24.3 Å². The first-order chi connectivity index (χ1) is 15.6. The standard InChI is InChI=1S/C24H22N6O2/c1-17-12-13-20(30-16-25-28-29-30)14-21(17)26-23(31)15-22(18-8-4-2-5-9-18)27-24(32)19-10-6-3-7-11-19/h2-14,16,22H,15H2,1H3,(H,26,31)(H,27,32). The summed E-state index contributed by atoms with van der Waals surface area (Å²) in [7, 11) is 0. The van der Waals surface area contributed by atoms with E-state index in [2.05, 4.69) is 26.2 Å². The van der Waals surface area contributed by atoms with Gasteiger partial charge in [-0.1, -0.05) is 54.6 Å². The molecule has 0 spiro atoms. The van der Waals surface area contributed by atoms with Crippen molar-refractivity contribution in [1.29, 1.82) is 0 Å². The molecule has 1 aromatic heterocycles. The van der Waals surface area contributed by atoms with Gasteiger partial charge in [-0.15, -0.1) is 5.10 Å². The van der Waals surface area contributed by atoms with E-state index in [0.29, 0.717) is 11.3 Å². The highest BCUT2D eigenvalue weighted by atomic mass is 16.2. The summed E-state index contributed by atoms with van der Waals surface area (Å²) in [5.74, 6) is -0.451. The highest BCUT2D eigenvalue weighted by Crippen LogP contribution is 2.22. The van der Waals surface area contributed by atoms with Crippen molar-refractivity contribution in [3.05, 3.63) is 102 Å². The van der Waals surface area contributed by atoms with E-state index >= 15 is 0 Å². The lowest BCUT2D eigenvalue weighted by Crippen LogP contribution is -2.31. The number of carbonyl (C=O) groups excluding carboxylic acids is 2. The third-order valence-electron chi connectivity index (χ3n) is 5.04. The van der Waals surface area contributed by atoms with Gasteiger partial charge in [0.1, 0.15) is 6.33 Å². The van der Waals surface area contributed by atoms with Gasteiger partial charge in [0.05, 0.1) is 18.2 Å². The third-order valence-corrected chi connectivity index (χ3v) is 5.04. The molecular weight excluding hydrogens is 404 g/mol. The summed E-state index contributed by atoms with van der Waals surface area (Å²) in [6.07, 6.45) is 1.57. The van der Waals surface area contributed by atoms with Crippen LogP contribution in [0.2, 0.25) is 0 Å². The lowest BCUT2D eigenvalue weighted by Gasteiger charge is -2.20. The number of hydrogen-bond acceptors (Lipinski definition) is 5. The summed E-state index contributed by atoms with van der Waals surface area (Å²) in [4.78, 5) is 25.7. The predicted octanol–water partition coefficient (Wildman–Crippen LogP) is 3.47. The van der Waals surface area contributed by atoms with Crippen molar-refractivity contribution in [3.63, 3.8) is 0 Å². The molecule has 1 unspecified atom stereocenters. The Labute approximate surface area is 185 Å². The summed E-state index contributed by atoms with van der Waals surface area (Å²) in [5, 5.41) is 17.1. The number of anilines is 1. The van der Waals surface area contributed by atoms with Crippen molar-refractivity contribution in [2.75, 3.05) is 5.32 Å². The van der Waals surface area contributed by atoms with Gasteiger partial charge in [0, 0.05) is 11.3 Å². The number of rotatable bonds is 7. The van der Waals surface area contributed by atoms with Crippen LogP contribution >= 0.6 is 0 Å². The summed E-state index contributed by atoms with van der Waals surface area (Å²) in [5.41, 5.74) is 3.68. The van der Waals surface area contributed by atoms with Crippen LogP contribution < -0.4 is 10.6 Å². The molecule has 8 heteroatoms. The lowest BCUT2D eigenvalue weighted by atomic mass is 10.0. The maximum Gasteiger partial charge on any atom is 0.251 e. The van der Waals surface area contributed by atoms with E-state index in [1.807, 2.05) is 61.5 Å². The first-order valence-corrected chi connectivity index (χ1v) is 10.1. The van der Waals surface area contributed by atoms with Gasteiger partial charge in [-0.3, -0.25) is 9.59 Å². The fourth-order valence-electron chi connectivity index (χ4n) is 3.32. The van der Waals surface area contributed by atoms with Gasteiger partial charge >= 0.3 is 0 Å². The Kier molecular flexibility index (Phi) is 6.31. The summed E-state index contributed by atoms with van der Waals surface area (Å²) < 4.78 is 1.52. The number of tetrazole rings is 1. The first-order valence-electron chi connectivity index (χ1n) is 10.1. The molecule has 0 saturated carbocycles. The van der Waals surface area contributed by atoms with Crippen molar-refractivity contribution in [3.8, 4) is 5.69 Å². The van der Waals surface area contributed by atoms with E-state index in [0.717, 1.165) is 16.8 Å². The summed E-state index contributed by atoms with van der Waals surface area (Å²) in [6.45, 7) is 1.91. The number of benzene rings is 3. The minimum Gasteiger partial charge on any atom is -0.345 e. The van der Waals surface area contributed by atoms with Gasteiger partial charge in [-0.25, -0.2) is 4.68 Å². The van der Waals surface area contributed by atoms with Gasteiger partial charge in [0.15, 0.2) is 0 Å². The molecule has 0 aliphatic carbocycles. The second-order valence-corrected chi connectivity index (χ2v) is 7.31. The monoisotopic (exact) mass is 426 g/mol. The van der Waals surface area contributed by atoms with E-state index < -0.39 is 6.04 Å². The molecule has 2 N–H and O–H groups in total. The molecule has 32 heavy (non-hydrogen) atoms. The number of nitrogens with zero attached hydrogens (tertiary/aromatic N) is 4. The predicted molar refractivity (Wildman–Crippen MR) is 120 cm³/mol. The smallest absolute Gasteiger partial charge is 0.251 e. The molecule has 0 aliphatic rings. The SMILES string of the molecule is Cc1ccc(-n2cnnn2)cc1NC(=O)CC(NC(=O)c1ccccc1)c1ccccc1. The number of aryl methyl sites for hydroxylation is 1. The highest BCUT2D eigenvalue weighted by Gasteiger charge is 2.20. The Hall–Kier alpha value is -4.33. The summed E-state index contributed by atoms with van der Waals surface area (Å²) >= 11 is 0. The van der Waals surface area contributed by atoms with Crippen LogP contribution in [0, 0.1) is 6.92 Å². The number of amides is 2. The zero-order valence-corrected chi connectivity index (χ0v) is 17.5. The number of carbonyl (C=O) groups is 2. The molecule has 2 amide bonds. The molecule has 0 saturated heterocycles. The molecule has 0 aliphatic heterocycles. The van der Waals surface area contributed by atoms with Crippen LogP contribution in [-0.2, 0) is 4.79 Å². The molecule has 8 nitrogen and oxygen atoms in total. The van der Waals surface area contributed by atoms with Crippen LogP contribution in [0.15, 0.2) is 85.2 Å². The Morgan fingerprint density at radius 3 is 2.38 bits per heavy atom. The average Bonchev–Trinajstić information content (AvgIpc) is 3.36. The topological polar surface area (TPSA) is 102 Å². The highest BCUT2D eigenvalue weighted by molar-refractivity contribution is 5.96. The van der Waals surface area contributed by atoms with Crippen LogP contribution in [0.4, 0.5) is 5.69 Å². The van der Waals surface area contributed by atoms with E-state index in [-0.39, 0.29) is 18.2 Å². The van der Waals surface area contributed by atoms with Crippen molar-refractivity contribution in [2.45, 2.75) is 19.4 Å². The number of nitrogens with one attached hydrogen (secondary N) is 2. The molecule has 4 rings (SSSR count). The van der Waals surface area contributed by atoms with Gasteiger partial charge in [0.2, 0.25) is 5.91 Å². The van der Waals surface area contributed by atoms with Gasteiger partial charge in [-0.05, 0) is 52.7 Å². The quantitative estimate of drug-likeness (QED) is 0.471. The van der Waals surface area contributed by atoms with Crippen LogP contribution in [0.5, 0.6) is 0 Å². The number of aromatic nitrogens is 4. The van der Waals surface area contributed by atoms with E-state index in [9.17, 15) is 9.59 Å². The maximum absolute atomic E-state index is 13.0. The molecule has 1 heterocycles. The largest absolute Gasteiger partial charge is 0.345 e. The third kappa shape index (κ3) is 5.04. The Bertz CT molecular complexity index is 1190. The molecule has 1 atom stereocenters. The van der Waals surface area contributed by atoms with Gasteiger partial charge in [-0.2, -0.15) is 0 Å². The Morgan fingerprint density at radius 2 is 1.69 bits per heavy atom. The Balaban J connectivity index is 1.52. The normalized spacial score (nSPS) is 11.5. The minimum atomic E-state index is -0.480. The molecule has 0 radical (unpaired) electrons. The van der Waals surface area contributed by atoms with Gasteiger partial charge in [0.25, 0.3) is 5.91 Å². The molecular formula is C24H22N6O2. The first kappa shape index (κ1) is 20.9. The molecule has 0 bridgehead atoms. The second kappa shape index (κ2) is 9.65. The maximum atomic E-state index is 13.0. The number of hydrogen-bond donors (Lipinski definition) is 2. The lowest BCUT2D eigenvalue weighted by molar-refractivity contribution is -0.116. The van der Waals surface area contributed by atoms with Crippen molar-refractivity contribution in [1.82, 2.24) is 25.5 Å². The van der Waals surface area contributed by atoms with Crippen molar-refractivity contribution in [2.24, 2.45) is 0 Å². The summed E-state index contributed by atoms with van der Waals surface area (Å²) in [6, 6.07) is 23.5. The molecule has 160 valence electrons. The average molecular weight is 426 g/mol. The van der Waals surface area contributed by atoms with E-state index in [4.69, 9.17) is 0 Å². The molecule has 4 aromatic rings. The van der Waals surface area contributed by atoms with Crippen molar-refractivity contribution >= 4 is 17.5 Å². The molecule has 0 fully saturated rings. The van der Waals surface area contributed by atoms with Crippen molar-refractivity contribution < 1.29 is 9.59 Å². The van der Waals surface area contributed by atoms with Crippen LogP contribution in [0.1, 0.15) is 33.9 Å². The van der Waals surface area contributed by atoms with Crippen LogP contribution in [0.3, 0.4) is 0 Å². The fourth-order valence-corrected chi connectivity index (χ4v) is 3.32. The van der Waals surface area contributed by atoms with Crippen LogP contribution in [0.25, 0.3) is 5.69 Å². The van der Waals surface area contributed by atoms with E-state index in [1.165, 1.54) is 11.0 Å². The van der Waals surface area contributed by atoms with Crippen LogP contribution in [-0.4, -0.2) is 32.0 Å². The zero-order valence-electron chi connectivity index (χ0n) is 17.5.